The number of ether oxygens (including phenoxy) is 1. The molecule has 16 heavy (non-hydrogen) atoms. The van der Waals surface area contributed by atoms with E-state index in [9.17, 15) is 8.42 Å². The number of hydrogen-bond acceptors (Lipinski definition) is 4. The van der Waals surface area contributed by atoms with Crippen LogP contribution >= 0.6 is 0 Å². The lowest BCUT2D eigenvalue weighted by Gasteiger charge is -2.08. The van der Waals surface area contributed by atoms with Crippen molar-refractivity contribution in [1.29, 1.82) is 0 Å². The minimum absolute atomic E-state index is 0.237. The zero-order valence-corrected chi connectivity index (χ0v) is 10.9. The largest absolute Gasteiger partial charge is 0.381 e. The van der Waals surface area contributed by atoms with E-state index in [1.54, 1.807) is 6.92 Å². The Morgan fingerprint density at radius 2 is 2.19 bits per heavy atom. The van der Waals surface area contributed by atoms with Gasteiger partial charge in [0.2, 0.25) is 0 Å². The highest BCUT2D eigenvalue weighted by Gasteiger charge is 2.13. The van der Waals surface area contributed by atoms with Gasteiger partial charge in [-0.25, -0.2) is 8.42 Å². The summed E-state index contributed by atoms with van der Waals surface area (Å²) in [6.45, 7) is 5.24. The highest BCUT2D eigenvalue weighted by molar-refractivity contribution is 7.91. The lowest BCUT2D eigenvalue weighted by molar-refractivity contribution is 0.123. The zero-order chi connectivity index (χ0) is 11.9. The highest BCUT2D eigenvalue weighted by Crippen LogP contribution is 2.11. The highest BCUT2D eigenvalue weighted by atomic mass is 32.2. The van der Waals surface area contributed by atoms with Crippen LogP contribution < -0.4 is 5.32 Å². The van der Waals surface area contributed by atoms with Gasteiger partial charge in [-0.2, -0.15) is 0 Å². The van der Waals surface area contributed by atoms with Crippen molar-refractivity contribution in [3.63, 3.8) is 0 Å². The van der Waals surface area contributed by atoms with Gasteiger partial charge in [0.05, 0.1) is 5.75 Å². The second kappa shape index (κ2) is 7.25. The van der Waals surface area contributed by atoms with Crippen molar-refractivity contribution in [3.8, 4) is 0 Å². The molecule has 1 atom stereocenters. The van der Waals surface area contributed by atoms with E-state index in [1.165, 1.54) is 6.42 Å². The monoisotopic (exact) mass is 249 g/mol. The van der Waals surface area contributed by atoms with Crippen LogP contribution in [0.3, 0.4) is 0 Å². The van der Waals surface area contributed by atoms with Crippen molar-refractivity contribution in [3.05, 3.63) is 0 Å². The van der Waals surface area contributed by atoms with Gasteiger partial charge in [0.1, 0.15) is 9.84 Å². The Labute approximate surface area is 98.7 Å². The molecule has 1 unspecified atom stereocenters. The Hall–Kier alpha value is -0.130. The van der Waals surface area contributed by atoms with Crippen molar-refractivity contribution in [2.75, 3.05) is 37.8 Å². The fraction of sp³-hybridized carbons (Fsp3) is 1.00. The Morgan fingerprint density at radius 3 is 2.81 bits per heavy atom. The molecule has 1 aliphatic heterocycles. The van der Waals surface area contributed by atoms with Gasteiger partial charge in [-0.3, -0.25) is 0 Å². The maximum Gasteiger partial charge on any atom is 0.150 e. The Morgan fingerprint density at radius 1 is 1.38 bits per heavy atom. The molecule has 0 aromatic rings. The summed E-state index contributed by atoms with van der Waals surface area (Å²) in [6.07, 6.45) is 2.96. The summed E-state index contributed by atoms with van der Waals surface area (Å²) >= 11 is 0. The van der Waals surface area contributed by atoms with Gasteiger partial charge in [-0.15, -0.1) is 0 Å². The van der Waals surface area contributed by atoms with E-state index in [2.05, 4.69) is 5.32 Å². The van der Waals surface area contributed by atoms with Gasteiger partial charge < -0.3 is 10.1 Å². The normalized spacial score (nSPS) is 21.4. The molecule has 1 saturated heterocycles. The molecule has 0 radical (unpaired) electrons. The quantitative estimate of drug-likeness (QED) is 0.647. The molecular formula is C11H23NO3S. The first-order chi connectivity index (χ1) is 7.64. The van der Waals surface area contributed by atoms with Crippen LogP contribution in [0.25, 0.3) is 0 Å². The second-order valence-corrected chi connectivity index (χ2v) is 6.82. The SMILES string of the molecule is CCS(=O)(=O)CCCOCCC1CCNC1. The second-order valence-electron chi connectivity index (χ2n) is 4.35. The summed E-state index contributed by atoms with van der Waals surface area (Å²) in [6, 6.07) is 0. The van der Waals surface area contributed by atoms with Crippen LogP contribution in [-0.4, -0.2) is 46.2 Å². The van der Waals surface area contributed by atoms with Gasteiger partial charge in [-0.1, -0.05) is 6.92 Å². The maximum atomic E-state index is 11.2. The van der Waals surface area contributed by atoms with Crippen LogP contribution in [0.5, 0.6) is 0 Å². The number of sulfone groups is 1. The first kappa shape index (κ1) is 13.9. The fourth-order valence-corrected chi connectivity index (χ4v) is 2.68. The molecule has 96 valence electrons. The topological polar surface area (TPSA) is 55.4 Å². The van der Waals surface area contributed by atoms with E-state index in [0.717, 1.165) is 32.0 Å². The molecule has 4 nitrogen and oxygen atoms in total. The first-order valence-electron chi connectivity index (χ1n) is 6.13. The van der Waals surface area contributed by atoms with Crippen molar-refractivity contribution in [2.24, 2.45) is 5.92 Å². The van der Waals surface area contributed by atoms with Gasteiger partial charge in [0.15, 0.2) is 0 Å². The van der Waals surface area contributed by atoms with Gasteiger partial charge in [-0.05, 0) is 38.3 Å². The Kier molecular flexibility index (Phi) is 6.31. The molecule has 1 rings (SSSR count). The molecule has 5 heteroatoms. The zero-order valence-electron chi connectivity index (χ0n) is 10.1. The average Bonchev–Trinajstić information content (AvgIpc) is 2.76. The van der Waals surface area contributed by atoms with Crippen molar-refractivity contribution in [2.45, 2.75) is 26.2 Å². The van der Waals surface area contributed by atoms with Crippen molar-refractivity contribution >= 4 is 9.84 Å². The van der Waals surface area contributed by atoms with E-state index in [1.807, 2.05) is 0 Å². The molecule has 1 heterocycles. The third-order valence-electron chi connectivity index (χ3n) is 3.02. The van der Waals surface area contributed by atoms with Gasteiger partial charge in [0, 0.05) is 19.0 Å². The molecule has 1 fully saturated rings. The Balaban J connectivity index is 1.92. The van der Waals surface area contributed by atoms with Crippen molar-refractivity contribution < 1.29 is 13.2 Å². The lowest BCUT2D eigenvalue weighted by atomic mass is 10.1. The third kappa shape index (κ3) is 5.82. The molecule has 0 saturated carbocycles. The molecular weight excluding hydrogens is 226 g/mol. The van der Waals surface area contributed by atoms with Crippen LogP contribution in [-0.2, 0) is 14.6 Å². The number of rotatable bonds is 8. The van der Waals surface area contributed by atoms with Crippen LogP contribution in [0.15, 0.2) is 0 Å². The van der Waals surface area contributed by atoms with Crippen LogP contribution in [0.4, 0.5) is 0 Å². The lowest BCUT2D eigenvalue weighted by Crippen LogP contribution is -2.13. The average molecular weight is 249 g/mol. The van der Waals surface area contributed by atoms with E-state index in [4.69, 9.17) is 4.74 Å². The van der Waals surface area contributed by atoms with Crippen LogP contribution in [0.1, 0.15) is 26.2 Å². The minimum Gasteiger partial charge on any atom is -0.381 e. The molecule has 0 amide bonds. The molecule has 0 aliphatic carbocycles. The first-order valence-corrected chi connectivity index (χ1v) is 7.95. The van der Waals surface area contributed by atoms with Crippen molar-refractivity contribution in [1.82, 2.24) is 5.32 Å². The predicted molar refractivity (Wildman–Crippen MR) is 65.4 cm³/mol. The molecule has 0 aromatic heterocycles. The molecule has 1 N–H and O–H groups in total. The summed E-state index contributed by atoms with van der Waals surface area (Å²) in [5, 5.41) is 3.32. The summed E-state index contributed by atoms with van der Waals surface area (Å²) in [5.74, 6) is 1.24. The van der Waals surface area contributed by atoms with E-state index < -0.39 is 9.84 Å². The van der Waals surface area contributed by atoms with E-state index in [0.29, 0.717) is 13.0 Å². The van der Waals surface area contributed by atoms with Crippen LogP contribution in [0.2, 0.25) is 0 Å². The Bertz CT molecular complexity index is 271. The number of nitrogens with one attached hydrogen (secondary N) is 1. The number of hydrogen-bond donors (Lipinski definition) is 1. The smallest absolute Gasteiger partial charge is 0.150 e. The molecule has 0 spiro atoms. The summed E-state index contributed by atoms with van der Waals surface area (Å²) in [7, 11) is -2.81. The summed E-state index contributed by atoms with van der Waals surface area (Å²) in [5.41, 5.74) is 0. The molecule has 0 bridgehead atoms. The predicted octanol–water partition coefficient (Wildman–Crippen LogP) is 0.827. The van der Waals surface area contributed by atoms with E-state index >= 15 is 0 Å². The standard InChI is InChI=1S/C11H23NO3S/c1-2-16(13,14)9-3-7-15-8-5-11-4-6-12-10-11/h11-12H,2-10H2,1H3. The summed E-state index contributed by atoms with van der Waals surface area (Å²) in [4.78, 5) is 0. The van der Waals surface area contributed by atoms with Crippen LogP contribution in [0, 0.1) is 5.92 Å². The third-order valence-corrected chi connectivity index (χ3v) is 4.81. The van der Waals surface area contributed by atoms with Gasteiger partial charge >= 0.3 is 0 Å². The van der Waals surface area contributed by atoms with Gasteiger partial charge in [0.25, 0.3) is 0 Å². The minimum atomic E-state index is -2.81. The van der Waals surface area contributed by atoms with E-state index in [-0.39, 0.29) is 11.5 Å². The molecule has 0 aromatic carbocycles. The maximum absolute atomic E-state index is 11.2. The summed E-state index contributed by atoms with van der Waals surface area (Å²) < 4.78 is 27.8. The fourth-order valence-electron chi connectivity index (χ4n) is 1.84. The molecule has 1 aliphatic rings.